The molecule has 1 fully saturated rings. The van der Waals surface area contributed by atoms with E-state index in [1.54, 1.807) is 20.8 Å². The molecule has 1 saturated heterocycles. The second kappa shape index (κ2) is 4.69. The molecule has 1 atom stereocenters. The summed E-state index contributed by atoms with van der Waals surface area (Å²) in [5.41, 5.74) is -0.627. The first kappa shape index (κ1) is 12.8. The minimum absolute atomic E-state index is 0.196. The SMILES string of the molecule is CC(C)(C)OC(=O)N1CCNC[C@@H]1C(=O)[O-]. The lowest BCUT2D eigenvalue weighted by atomic mass is 10.2. The molecule has 0 saturated carbocycles. The molecule has 1 aliphatic heterocycles. The van der Waals surface area contributed by atoms with Gasteiger partial charge < -0.3 is 20.0 Å². The summed E-state index contributed by atoms with van der Waals surface area (Å²) in [5.74, 6) is -1.27. The van der Waals surface area contributed by atoms with Crippen LogP contribution in [0.5, 0.6) is 0 Å². The van der Waals surface area contributed by atoms with E-state index in [0.29, 0.717) is 13.1 Å². The molecule has 0 unspecified atom stereocenters. The molecule has 0 aromatic rings. The van der Waals surface area contributed by atoms with Gasteiger partial charge in [-0.1, -0.05) is 0 Å². The van der Waals surface area contributed by atoms with Crippen LogP contribution in [0, 0.1) is 0 Å². The zero-order valence-electron chi connectivity index (χ0n) is 9.78. The van der Waals surface area contributed by atoms with Crippen LogP contribution in [0.3, 0.4) is 0 Å². The molecule has 1 rings (SSSR count). The molecule has 1 aliphatic rings. The Balaban J connectivity index is 2.68. The third-order valence-corrected chi connectivity index (χ3v) is 2.14. The van der Waals surface area contributed by atoms with Gasteiger partial charge in [0.15, 0.2) is 0 Å². The van der Waals surface area contributed by atoms with Gasteiger partial charge in [0, 0.05) is 19.6 Å². The van der Waals surface area contributed by atoms with Gasteiger partial charge in [0.1, 0.15) is 5.60 Å². The second-order valence-electron chi connectivity index (χ2n) is 4.71. The number of carbonyl (C=O) groups is 2. The van der Waals surface area contributed by atoms with Crippen molar-refractivity contribution in [2.45, 2.75) is 32.4 Å². The van der Waals surface area contributed by atoms with Crippen molar-refractivity contribution in [2.24, 2.45) is 0 Å². The number of nitrogens with zero attached hydrogens (tertiary/aromatic N) is 1. The van der Waals surface area contributed by atoms with Crippen molar-refractivity contribution < 1.29 is 19.4 Å². The van der Waals surface area contributed by atoms with Crippen LogP contribution in [-0.2, 0) is 9.53 Å². The van der Waals surface area contributed by atoms with Crippen molar-refractivity contribution >= 4 is 12.1 Å². The quantitative estimate of drug-likeness (QED) is 0.620. The summed E-state index contributed by atoms with van der Waals surface area (Å²) >= 11 is 0. The van der Waals surface area contributed by atoms with E-state index in [2.05, 4.69) is 5.32 Å². The van der Waals surface area contributed by atoms with Crippen LogP contribution in [0.15, 0.2) is 0 Å². The lowest BCUT2D eigenvalue weighted by Gasteiger charge is -2.37. The third kappa shape index (κ3) is 3.37. The number of carboxylic acid groups (broad SMARTS) is 1. The van der Waals surface area contributed by atoms with E-state index in [9.17, 15) is 14.7 Å². The van der Waals surface area contributed by atoms with Crippen LogP contribution < -0.4 is 10.4 Å². The van der Waals surface area contributed by atoms with Gasteiger partial charge in [0.05, 0.1) is 12.0 Å². The zero-order chi connectivity index (χ0) is 12.3. The Labute approximate surface area is 94.6 Å². The molecule has 0 aromatic heterocycles. The van der Waals surface area contributed by atoms with Crippen molar-refractivity contribution in [3.05, 3.63) is 0 Å². The Morgan fingerprint density at radius 2 is 2.06 bits per heavy atom. The molecular weight excluding hydrogens is 212 g/mol. The van der Waals surface area contributed by atoms with Crippen LogP contribution >= 0.6 is 0 Å². The molecule has 1 N–H and O–H groups in total. The molecule has 6 heteroatoms. The molecule has 0 radical (unpaired) electrons. The fraction of sp³-hybridized carbons (Fsp3) is 0.800. The number of nitrogens with one attached hydrogen (secondary N) is 1. The maximum atomic E-state index is 11.7. The molecule has 0 spiro atoms. The maximum absolute atomic E-state index is 11.7. The van der Waals surface area contributed by atoms with Crippen LogP contribution in [0.25, 0.3) is 0 Å². The number of rotatable bonds is 1. The standard InChI is InChI=1S/C10H18N2O4/c1-10(2,3)16-9(15)12-5-4-11-6-7(12)8(13)14/h7,11H,4-6H2,1-3H3,(H,13,14)/p-1/t7-/m1/s1. The first-order chi connectivity index (χ1) is 7.31. The molecule has 1 heterocycles. The molecule has 0 bridgehead atoms. The minimum atomic E-state index is -1.27. The highest BCUT2D eigenvalue weighted by molar-refractivity contribution is 5.79. The van der Waals surface area contributed by atoms with Gasteiger partial charge >= 0.3 is 6.09 Å². The van der Waals surface area contributed by atoms with Crippen LogP contribution in [0.2, 0.25) is 0 Å². The highest BCUT2D eigenvalue weighted by atomic mass is 16.6. The van der Waals surface area contributed by atoms with E-state index >= 15 is 0 Å². The summed E-state index contributed by atoms with van der Waals surface area (Å²) in [5, 5.41) is 13.7. The molecular formula is C10H17N2O4-. The Hall–Kier alpha value is -1.30. The van der Waals surface area contributed by atoms with Gasteiger partial charge in [0.25, 0.3) is 0 Å². The summed E-state index contributed by atoms with van der Waals surface area (Å²) in [7, 11) is 0. The number of carbonyl (C=O) groups excluding carboxylic acids is 2. The van der Waals surface area contributed by atoms with Gasteiger partial charge in [-0.2, -0.15) is 0 Å². The fourth-order valence-corrected chi connectivity index (χ4v) is 1.45. The number of amides is 1. The molecule has 1 amide bonds. The van der Waals surface area contributed by atoms with E-state index in [4.69, 9.17) is 4.74 Å². The highest BCUT2D eigenvalue weighted by Crippen LogP contribution is 2.12. The van der Waals surface area contributed by atoms with Crippen molar-refractivity contribution in [2.75, 3.05) is 19.6 Å². The van der Waals surface area contributed by atoms with Crippen molar-refractivity contribution in [3.63, 3.8) is 0 Å². The Kier molecular flexibility index (Phi) is 3.74. The van der Waals surface area contributed by atoms with E-state index in [-0.39, 0.29) is 6.54 Å². The fourth-order valence-electron chi connectivity index (χ4n) is 1.45. The maximum Gasteiger partial charge on any atom is 0.410 e. The first-order valence-electron chi connectivity index (χ1n) is 5.22. The normalized spacial score (nSPS) is 21.7. The number of piperazine rings is 1. The summed E-state index contributed by atoms with van der Waals surface area (Å²) in [4.78, 5) is 23.7. The Morgan fingerprint density at radius 3 is 2.56 bits per heavy atom. The van der Waals surface area contributed by atoms with Crippen molar-refractivity contribution in [3.8, 4) is 0 Å². The van der Waals surface area contributed by atoms with Crippen LogP contribution in [-0.4, -0.2) is 48.2 Å². The summed E-state index contributed by atoms with van der Waals surface area (Å²) in [6.45, 7) is 6.28. The number of ether oxygens (including phenoxy) is 1. The summed E-state index contributed by atoms with van der Waals surface area (Å²) in [6, 6.07) is -0.955. The van der Waals surface area contributed by atoms with Crippen LogP contribution in [0.1, 0.15) is 20.8 Å². The summed E-state index contributed by atoms with van der Waals surface area (Å²) in [6.07, 6.45) is -0.608. The van der Waals surface area contributed by atoms with Crippen LogP contribution in [0.4, 0.5) is 4.79 Å². The molecule has 16 heavy (non-hydrogen) atoms. The van der Waals surface area contributed by atoms with E-state index in [1.165, 1.54) is 4.90 Å². The Morgan fingerprint density at radius 1 is 1.44 bits per heavy atom. The predicted octanol–water partition coefficient (Wildman–Crippen LogP) is -1.05. The van der Waals surface area contributed by atoms with Gasteiger partial charge in [-0.15, -0.1) is 0 Å². The van der Waals surface area contributed by atoms with Crippen molar-refractivity contribution in [1.29, 1.82) is 0 Å². The Bertz CT molecular complexity index is 285. The van der Waals surface area contributed by atoms with Gasteiger partial charge in [-0.05, 0) is 20.8 Å². The largest absolute Gasteiger partial charge is 0.548 e. The average Bonchev–Trinajstić information content (AvgIpc) is 2.15. The highest BCUT2D eigenvalue weighted by Gasteiger charge is 2.30. The van der Waals surface area contributed by atoms with Gasteiger partial charge in [-0.3, -0.25) is 4.90 Å². The summed E-state index contributed by atoms with van der Waals surface area (Å²) < 4.78 is 5.13. The average molecular weight is 229 g/mol. The number of carboxylic acids is 1. The topological polar surface area (TPSA) is 81.7 Å². The first-order valence-corrected chi connectivity index (χ1v) is 5.22. The number of aliphatic carboxylic acids is 1. The van der Waals surface area contributed by atoms with E-state index in [1.807, 2.05) is 0 Å². The zero-order valence-corrected chi connectivity index (χ0v) is 9.78. The lowest BCUT2D eigenvalue weighted by molar-refractivity contribution is -0.311. The molecule has 0 aromatic carbocycles. The second-order valence-corrected chi connectivity index (χ2v) is 4.71. The minimum Gasteiger partial charge on any atom is -0.548 e. The molecule has 0 aliphatic carbocycles. The van der Waals surface area contributed by atoms with Gasteiger partial charge in [-0.25, -0.2) is 4.79 Å². The molecule has 92 valence electrons. The number of hydrogen-bond acceptors (Lipinski definition) is 5. The van der Waals surface area contributed by atoms with E-state index < -0.39 is 23.7 Å². The number of hydrogen-bond donors (Lipinski definition) is 1. The lowest BCUT2D eigenvalue weighted by Crippen LogP contribution is -2.61. The smallest absolute Gasteiger partial charge is 0.410 e. The van der Waals surface area contributed by atoms with Crippen molar-refractivity contribution in [1.82, 2.24) is 10.2 Å². The van der Waals surface area contributed by atoms with Gasteiger partial charge in [0.2, 0.25) is 0 Å². The van der Waals surface area contributed by atoms with E-state index in [0.717, 1.165) is 0 Å². The molecule has 6 nitrogen and oxygen atoms in total. The third-order valence-electron chi connectivity index (χ3n) is 2.14. The monoisotopic (exact) mass is 229 g/mol. The predicted molar refractivity (Wildman–Crippen MR) is 54.6 cm³/mol.